The molecule has 34 heavy (non-hydrogen) atoms. The molecule has 0 saturated carbocycles. The van der Waals surface area contributed by atoms with Gasteiger partial charge < -0.3 is 14.4 Å². The molecule has 1 aliphatic heterocycles. The van der Waals surface area contributed by atoms with Gasteiger partial charge >= 0.3 is 0 Å². The first kappa shape index (κ1) is 22.6. The lowest BCUT2D eigenvalue weighted by atomic mass is 9.75. The van der Waals surface area contributed by atoms with Crippen molar-refractivity contribution in [3.05, 3.63) is 112 Å². The summed E-state index contributed by atoms with van der Waals surface area (Å²) >= 11 is 12.3. The lowest BCUT2D eigenvalue weighted by Gasteiger charge is -2.36. The van der Waals surface area contributed by atoms with Crippen LogP contribution in [0.15, 0.2) is 90.0 Å². The molecule has 6 nitrogen and oxygen atoms in total. The Bertz CT molecular complexity index is 1360. The molecule has 0 fully saturated rings. The summed E-state index contributed by atoms with van der Waals surface area (Å²) in [4.78, 5) is 13.2. The summed E-state index contributed by atoms with van der Waals surface area (Å²) < 4.78 is 7.27. The predicted molar refractivity (Wildman–Crippen MR) is 134 cm³/mol. The molecule has 0 bridgehead atoms. The quantitative estimate of drug-likeness (QED) is 0.521. The lowest BCUT2D eigenvalue weighted by molar-refractivity contribution is 0.115. The van der Waals surface area contributed by atoms with Crippen molar-refractivity contribution in [1.29, 1.82) is 0 Å². The summed E-state index contributed by atoms with van der Waals surface area (Å²) in [5.74, 6) is 0.402. The average molecular weight is 493 g/mol. The maximum atomic E-state index is 12.3. The number of methoxy groups -OCH3 is 1. The number of hydrogen-bond donors (Lipinski definition) is 1. The molecule has 0 spiro atoms. The zero-order chi connectivity index (χ0) is 23.9. The van der Waals surface area contributed by atoms with E-state index in [-0.39, 0.29) is 12.0 Å². The molecule has 1 aromatic carbocycles. The average Bonchev–Trinajstić information content (AvgIpc) is 3.29. The summed E-state index contributed by atoms with van der Waals surface area (Å²) in [5.41, 5.74) is 2.34. The molecule has 1 aliphatic carbocycles. The summed E-state index contributed by atoms with van der Waals surface area (Å²) in [6.45, 7) is 0. The second kappa shape index (κ2) is 8.87. The van der Waals surface area contributed by atoms with Crippen molar-refractivity contribution < 1.29 is 9.84 Å². The number of aryl methyl sites for hydroxylation is 1. The first-order valence-electron chi connectivity index (χ1n) is 10.7. The van der Waals surface area contributed by atoms with Gasteiger partial charge in [-0.15, -0.1) is 0 Å². The molecular weight excluding hydrogens is 471 g/mol. The van der Waals surface area contributed by atoms with Crippen molar-refractivity contribution in [2.75, 3.05) is 7.11 Å². The van der Waals surface area contributed by atoms with Crippen LogP contribution in [0.2, 0.25) is 10.2 Å². The fourth-order valence-electron chi connectivity index (χ4n) is 4.53. The Morgan fingerprint density at radius 1 is 1.15 bits per heavy atom. The van der Waals surface area contributed by atoms with Crippen LogP contribution >= 0.6 is 23.2 Å². The van der Waals surface area contributed by atoms with Crippen molar-refractivity contribution in [2.45, 2.75) is 11.6 Å². The van der Waals surface area contributed by atoms with Gasteiger partial charge in [-0.25, -0.2) is 15.0 Å². The molecule has 1 N–H and O–H groups in total. The smallest absolute Gasteiger partial charge is 0.209 e. The number of nitrogens with zero attached hydrogens (tertiary/aromatic N) is 4. The Labute approximate surface area is 207 Å². The molecular formula is C26H22Cl2N4O2. The van der Waals surface area contributed by atoms with Gasteiger partial charge in [0.25, 0.3) is 0 Å². The van der Waals surface area contributed by atoms with Crippen LogP contribution in [0.5, 0.6) is 0 Å². The number of ether oxygens (including phenoxy) is 1. The number of fused-ring (bicyclic) bond motifs is 1. The van der Waals surface area contributed by atoms with E-state index in [1.165, 1.54) is 0 Å². The highest BCUT2D eigenvalue weighted by molar-refractivity contribution is 6.30. The highest BCUT2D eigenvalue weighted by atomic mass is 35.5. The Kier molecular flexibility index (Phi) is 5.90. The number of benzene rings is 1. The number of aliphatic imine (C=N–C) groups is 1. The van der Waals surface area contributed by atoms with Crippen LogP contribution in [-0.4, -0.2) is 38.7 Å². The van der Waals surface area contributed by atoms with Crippen molar-refractivity contribution in [2.24, 2.45) is 18.0 Å². The molecule has 172 valence electrons. The standard InChI is InChI=1S/C26H22Cl2N4O2/c1-32-15-29-14-23(32)26(33,18-7-9-24(28)30-13-18)17-6-8-22-21(11-17)20(12-25(31-22)34-2)16-4-3-5-19(27)10-16/h3-15,21-22,33H,1-2H3. The summed E-state index contributed by atoms with van der Waals surface area (Å²) in [6.07, 6.45) is 12.8. The van der Waals surface area contributed by atoms with E-state index in [1.54, 1.807) is 42.5 Å². The summed E-state index contributed by atoms with van der Waals surface area (Å²) in [5, 5.41) is 13.3. The van der Waals surface area contributed by atoms with Gasteiger partial charge in [0.05, 0.1) is 31.4 Å². The van der Waals surface area contributed by atoms with Gasteiger partial charge in [0.2, 0.25) is 5.90 Å². The van der Waals surface area contributed by atoms with Crippen LogP contribution in [0.1, 0.15) is 16.8 Å². The van der Waals surface area contributed by atoms with Gasteiger partial charge in [-0.3, -0.25) is 0 Å². The van der Waals surface area contributed by atoms with Gasteiger partial charge in [-0.05, 0) is 34.9 Å². The van der Waals surface area contributed by atoms with Crippen LogP contribution < -0.4 is 0 Å². The second-order valence-corrected chi connectivity index (χ2v) is 9.07. The van der Waals surface area contributed by atoms with Crippen molar-refractivity contribution in [3.63, 3.8) is 0 Å². The SMILES string of the molecule is COC1=NC2C=CC(C(O)(c3ccc(Cl)nc3)c3cncn3C)=CC2C(c2cccc(Cl)c2)=C1. The molecule has 0 amide bonds. The predicted octanol–water partition coefficient (Wildman–Crippen LogP) is 4.98. The zero-order valence-corrected chi connectivity index (χ0v) is 20.1. The Hall–Kier alpha value is -3.19. The van der Waals surface area contributed by atoms with Crippen LogP contribution in [-0.2, 0) is 17.4 Å². The van der Waals surface area contributed by atoms with Crippen LogP contribution in [0, 0.1) is 5.92 Å². The Balaban J connectivity index is 1.67. The number of aliphatic hydroxyl groups is 1. The van der Waals surface area contributed by atoms with Gasteiger partial charge in [-0.1, -0.05) is 59.6 Å². The van der Waals surface area contributed by atoms with Gasteiger partial charge in [0.1, 0.15) is 5.15 Å². The third kappa shape index (κ3) is 3.88. The number of imidazole rings is 1. The molecule has 0 saturated heterocycles. The minimum Gasteiger partial charge on any atom is -0.481 e. The molecule has 3 aromatic rings. The van der Waals surface area contributed by atoms with Gasteiger partial charge in [-0.2, -0.15) is 0 Å². The highest BCUT2D eigenvalue weighted by Gasteiger charge is 2.41. The van der Waals surface area contributed by atoms with E-state index in [9.17, 15) is 5.11 Å². The summed E-state index contributed by atoms with van der Waals surface area (Å²) in [6, 6.07) is 11.0. The van der Waals surface area contributed by atoms with Crippen molar-refractivity contribution in [3.8, 4) is 0 Å². The molecule has 3 unspecified atom stereocenters. The first-order valence-corrected chi connectivity index (χ1v) is 11.5. The molecule has 3 atom stereocenters. The minimum atomic E-state index is -1.50. The fourth-order valence-corrected chi connectivity index (χ4v) is 4.84. The van der Waals surface area contributed by atoms with Crippen molar-refractivity contribution in [1.82, 2.24) is 14.5 Å². The number of dihydropyridines is 1. The van der Waals surface area contributed by atoms with Crippen molar-refractivity contribution >= 4 is 34.7 Å². The molecule has 5 rings (SSSR count). The lowest BCUT2D eigenvalue weighted by Crippen LogP contribution is -2.35. The first-order chi connectivity index (χ1) is 16.4. The van der Waals surface area contributed by atoms with Crippen LogP contribution in [0.25, 0.3) is 5.57 Å². The second-order valence-electron chi connectivity index (χ2n) is 8.25. The monoisotopic (exact) mass is 492 g/mol. The molecule has 2 aromatic heterocycles. The van der Waals surface area contributed by atoms with E-state index in [2.05, 4.69) is 16.0 Å². The third-order valence-electron chi connectivity index (χ3n) is 6.23. The largest absolute Gasteiger partial charge is 0.481 e. The third-order valence-corrected chi connectivity index (χ3v) is 6.69. The van der Waals surface area contributed by atoms with Crippen LogP contribution in [0.4, 0.5) is 0 Å². The minimum absolute atomic E-state index is 0.141. The van der Waals surface area contributed by atoms with E-state index >= 15 is 0 Å². The summed E-state index contributed by atoms with van der Waals surface area (Å²) in [7, 11) is 3.45. The maximum Gasteiger partial charge on any atom is 0.209 e. The molecule has 2 aliphatic rings. The van der Waals surface area contributed by atoms with E-state index in [4.69, 9.17) is 32.9 Å². The number of rotatable bonds is 4. The molecule has 8 heteroatoms. The zero-order valence-electron chi connectivity index (χ0n) is 18.6. The van der Waals surface area contributed by atoms with Gasteiger partial charge in [0.15, 0.2) is 5.60 Å². The Morgan fingerprint density at radius 2 is 2.00 bits per heavy atom. The van der Waals surface area contributed by atoms with E-state index < -0.39 is 5.60 Å². The molecule has 3 heterocycles. The number of halogens is 2. The highest BCUT2D eigenvalue weighted by Crippen LogP contribution is 2.43. The van der Waals surface area contributed by atoms with Gasteiger partial charge in [0, 0.05) is 35.8 Å². The van der Waals surface area contributed by atoms with E-state index in [1.807, 2.05) is 49.5 Å². The van der Waals surface area contributed by atoms with E-state index in [0.29, 0.717) is 32.9 Å². The normalized spacial score (nSPS) is 21.1. The molecule has 0 radical (unpaired) electrons. The number of aromatic nitrogens is 3. The Morgan fingerprint density at radius 3 is 2.68 bits per heavy atom. The van der Waals surface area contributed by atoms with Crippen LogP contribution in [0.3, 0.4) is 0 Å². The number of hydrogen-bond acceptors (Lipinski definition) is 5. The maximum absolute atomic E-state index is 12.3. The fraction of sp³-hybridized carbons (Fsp3) is 0.192. The topological polar surface area (TPSA) is 72.5 Å². The van der Waals surface area contributed by atoms with E-state index in [0.717, 1.165) is 11.1 Å². The number of pyridine rings is 1.